The van der Waals surface area contributed by atoms with Crippen LogP contribution in [0.3, 0.4) is 0 Å². The second kappa shape index (κ2) is 4.92. The molecule has 0 aliphatic carbocycles. The molecule has 2 aromatic rings. The molecule has 0 aliphatic heterocycles. The van der Waals surface area contributed by atoms with Crippen molar-refractivity contribution < 1.29 is 4.39 Å². The van der Waals surface area contributed by atoms with Crippen molar-refractivity contribution in [3.63, 3.8) is 0 Å². The molecule has 2 nitrogen and oxygen atoms in total. The largest absolute Gasteiger partial charge is 0.241 e. The minimum absolute atomic E-state index is 0.170. The van der Waals surface area contributed by atoms with Gasteiger partial charge in [-0.1, -0.05) is 13.8 Å². The Kier molecular flexibility index (Phi) is 3.52. The van der Waals surface area contributed by atoms with E-state index >= 15 is 0 Å². The molecule has 0 spiro atoms. The van der Waals surface area contributed by atoms with E-state index < -0.39 is 0 Å². The summed E-state index contributed by atoms with van der Waals surface area (Å²) in [5, 5.41) is -0.170. The first-order valence-corrected chi connectivity index (χ1v) is 6.52. The highest BCUT2D eigenvalue weighted by Crippen LogP contribution is 2.29. The Balaban J connectivity index is 2.43. The van der Waals surface area contributed by atoms with Crippen molar-refractivity contribution in [3.8, 4) is 11.3 Å². The van der Waals surface area contributed by atoms with Crippen LogP contribution in [0.5, 0.6) is 0 Å². The quantitative estimate of drug-likeness (QED) is 0.817. The summed E-state index contributed by atoms with van der Waals surface area (Å²) in [6.45, 7) is 6.07. The van der Waals surface area contributed by atoms with Crippen molar-refractivity contribution in [2.75, 3.05) is 0 Å². The van der Waals surface area contributed by atoms with Gasteiger partial charge < -0.3 is 0 Å². The van der Waals surface area contributed by atoms with Gasteiger partial charge in [-0.15, -0.1) is 11.3 Å². The van der Waals surface area contributed by atoms with Gasteiger partial charge in [0.15, 0.2) is 5.13 Å². The van der Waals surface area contributed by atoms with Crippen LogP contribution in [0.25, 0.3) is 11.3 Å². The average molecular weight is 250 g/mol. The molecule has 0 N–H and O–H groups in total. The van der Waals surface area contributed by atoms with E-state index in [2.05, 4.69) is 23.8 Å². The molecule has 0 saturated heterocycles. The molecule has 17 heavy (non-hydrogen) atoms. The number of rotatable bonds is 3. The summed E-state index contributed by atoms with van der Waals surface area (Å²) < 4.78 is 13.7. The molecule has 0 amide bonds. The zero-order chi connectivity index (χ0) is 12.4. The Hall–Kier alpha value is -1.29. The fraction of sp³-hybridized carbons (Fsp3) is 0.385. The van der Waals surface area contributed by atoms with Crippen LogP contribution in [-0.2, 0) is 0 Å². The summed E-state index contributed by atoms with van der Waals surface area (Å²) in [6, 6.07) is 3.60. The fourth-order valence-corrected chi connectivity index (χ4v) is 2.34. The Bertz CT molecular complexity index is 522. The SMILES string of the molecule is CCC(C)c1nccc(-c2cc(C)sc2F)n1. The maximum atomic E-state index is 13.7. The highest BCUT2D eigenvalue weighted by Gasteiger charge is 2.13. The number of nitrogens with zero attached hydrogens (tertiary/aromatic N) is 2. The van der Waals surface area contributed by atoms with Crippen molar-refractivity contribution in [1.82, 2.24) is 9.97 Å². The van der Waals surface area contributed by atoms with Gasteiger partial charge in [0.2, 0.25) is 0 Å². The molecule has 90 valence electrons. The van der Waals surface area contributed by atoms with Crippen LogP contribution in [0.2, 0.25) is 0 Å². The first-order valence-electron chi connectivity index (χ1n) is 5.71. The number of aromatic nitrogens is 2. The Labute approximate surface area is 105 Å². The predicted molar refractivity (Wildman–Crippen MR) is 68.7 cm³/mol. The van der Waals surface area contributed by atoms with Crippen molar-refractivity contribution in [1.29, 1.82) is 0 Å². The van der Waals surface area contributed by atoms with Crippen molar-refractivity contribution in [3.05, 3.63) is 34.2 Å². The normalized spacial score (nSPS) is 12.7. The van der Waals surface area contributed by atoms with Crippen LogP contribution in [0.1, 0.15) is 36.9 Å². The molecule has 1 atom stereocenters. The molecular weight excluding hydrogens is 235 g/mol. The van der Waals surface area contributed by atoms with Crippen LogP contribution < -0.4 is 0 Å². The first kappa shape index (κ1) is 12.2. The molecule has 0 fully saturated rings. The molecule has 2 rings (SSSR count). The minimum Gasteiger partial charge on any atom is -0.241 e. The van der Waals surface area contributed by atoms with Crippen molar-refractivity contribution in [2.24, 2.45) is 0 Å². The Morgan fingerprint density at radius 2 is 2.24 bits per heavy atom. The van der Waals surface area contributed by atoms with E-state index in [4.69, 9.17) is 0 Å². The van der Waals surface area contributed by atoms with Crippen LogP contribution in [0.15, 0.2) is 18.3 Å². The maximum absolute atomic E-state index is 13.7. The number of hydrogen-bond donors (Lipinski definition) is 0. The van der Waals surface area contributed by atoms with E-state index in [1.807, 2.05) is 13.0 Å². The lowest BCUT2D eigenvalue weighted by Gasteiger charge is -2.07. The second-order valence-corrected chi connectivity index (χ2v) is 5.36. The summed E-state index contributed by atoms with van der Waals surface area (Å²) in [5.74, 6) is 1.09. The zero-order valence-corrected chi connectivity index (χ0v) is 11.0. The molecule has 0 saturated carbocycles. The monoisotopic (exact) mass is 250 g/mol. The van der Waals surface area contributed by atoms with Gasteiger partial charge in [-0.05, 0) is 25.5 Å². The van der Waals surface area contributed by atoms with Gasteiger partial charge in [0, 0.05) is 22.6 Å². The van der Waals surface area contributed by atoms with E-state index in [0.717, 1.165) is 28.5 Å². The Morgan fingerprint density at radius 3 is 2.82 bits per heavy atom. The molecule has 0 bridgehead atoms. The number of thiophene rings is 1. The third-order valence-corrected chi connectivity index (χ3v) is 3.65. The second-order valence-electron chi connectivity index (χ2n) is 4.15. The summed E-state index contributed by atoms with van der Waals surface area (Å²) in [7, 11) is 0. The van der Waals surface area contributed by atoms with Gasteiger partial charge in [0.25, 0.3) is 0 Å². The lowest BCUT2D eigenvalue weighted by Crippen LogP contribution is -2.00. The number of halogens is 1. The summed E-state index contributed by atoms with van der Waals surface area (Å²) in [5.41, 5.74) is 1.26. The molecule has 0 aliphatic rings. The van der Waals surface area contributed by atoms with Gasteiger partial charge in [0.05, 0.1) is 5.69 Å². The topological polar surface area (TPSA) is 25.8 Å². The summed E-state index contributed by atoms with van der Waals surface area (Å²) >= 11 is 1.16. The van der Waals surface area contributed by atoms with Gasteiger partial charge in [-0.25, -0.2) is 9.97 Å². The summed E-state index contributed by atoms with van der Waals surface area (Å²) in [6.07, 6.45) is 2.69. The fourth-order valence-electron chi connectivity index (χ4n) is 1.60. The van der Waals surface area contributed by atoms with Gasteiger partial charge in [-0.2, -0.15) is 4.39 Å². The van der Waals surface area contributed by atoms with E-state index in [9.17, 15) is 4.39 Å². The molecule has 4 heteroatoms. The molecule has 2 heterocycles. The molecule has 1 unspecified atom stereocenters. The lowest BCUT2D eigenvalue weighted by molar-refractivity contribution is 0.657. The average Bonchev–Trinajstić information content (AvgIpc) is 2.67. The molecule has 0 radical (unpaired) electrons. The highest BCUT2D eigenvalue weighted by atomic mass is 32.1. The van der Waals surface area contributed by atoms with Crippen LogP contribution in [-0.4, -0.2) is 9.97 Å². The van der Waals surface area contributed by atoms with E-state index in [0.29, 0.717) is 17.2 Å². The van der Waals surface area contributed by atoms with Gasteiger partial charge >= 0.3 is 0 Å². The summed E-state index contributed by atoms with van der Waals surface area (Å²) in [4.78, 5) is 9.64. The smallest absolute Gasteiger partial charge is 0.186 e. The molecule has 2 aromatic heterocycles. The predicted octanol–water partition coefficient (Wildman–Crippen LogP) is 4.17. The van der Waals surface area contributed by atoms with Gasteiger partial charge in [-0.3, -0.25) is 0 Å². The molecule has 0 aromatic carbocycles. The van der Waals surface area contributed by atoms with Crippen molar-refractivity contribution >= 4 is 11.3 Å². The Morgan fingerprint density at radius 1 is 1.47 bits per heavy atom. The molecular formula is C13H15FN2S. The van der Waals surface area contributed by atoms with Crippen molar-refractivity contribution in [2.45, 2.75) is 33.1 Å². The third-order valence-electron chi connectivity index (χ3n) is 2.81. The maximum Gasteiger partial charge on any atom is 0.186 e. The van der Waals surface area contributed by atoms with E-state index in [-0.39, 0.29) is 5.13 Å². The van der Waals surface area contributed by atoms with Gasteiger partial charge in [0.1, 0.15) is 5.82 Å². The standard InChI is InChI=1S/C13H15FN2S/c1-4-8(2)13-15-6-5-11(16-13)10-7-9(3)17-12(10)14/h5-8H,4H2,1-3H3. The zero-order valence-electron chi connectivity index (χ0n) is 10.2. The lowest BCUT2D eigenvalue weighted by atomic mass is 10.1. The number of aryl methyl sites for hydroxylation is 1. The van der Waals surface area contributed by atoms with Crippen LogP contribution in [0, 0.1) is 12.1 Å². The van der Waals surface area contributed by atoms with E-state index in [1.165, 1.54) is 0 Å². The van der Waals surface area contributed by atoms with Crippen LogP contribution in [0.4, 0.5) is 4.39 Å². The highest BCUT2D eigenvalue weighted by molar-refractivity contribution is 7.10. The van der Waals surface area contributed by atoms with Crippen LogP contribution >= 0.6 is 11.3 Å². The minimum atomic E-state index is -0.170. The van der Waals surface area contributed by atoms with E-state index in [1.54, 1.807) is 12.3 Å². The third kappa shape index (κ3) is 2.52. The number of hydrogen-bond acceptors (Lipinski definition) is 3. The first-order chi connectivity index (χ1) is 8.11.